The maximum absolute atomic E-state index is 9.65. The Bertz CT molecular complexity index is 175. The van der Waals surface area contributed by atoms with Crippen molar-refractivity contribution in [2.75, 3.05) is 19.8 Å². The molecule has 0 aromatic carbocycles. The maximum Gasteiger partial charge on any atom is 0.0897 e. The second-order valence-electron chi connectivity index (χ2n) is 4.88. The van der Waals surface area contributed by atoms with Gasteiger partial charge in [0.05, 0.1) is 12.7 Å². The van der Waals surface area contributed by atoms with Crippen molar-refractivity contribution in [2.45, 2.75) is 58.1 Å². The summed E-state index contributed by atoms with van der Waals surface area (Å²) in [5, 5.41) is 13.1. The number of aliphatic hydroxyl groups is 1. The largest absolute Gasteiger partial charge is 0.389 e. The van der Waals surface area contributed by atoms with Crippen molar-refractivity contribution in [3.05, 3.63) is 0 Å². The summed E-state index contributed by atoms with van der Waals surface area (Å²) in [5.74, 6) is 0.859. The monoisotopic (exact) mass is 229 g/mol. The molecule has 0 aromatic heterocycles. The molecule has 96 valence electrons. The van der Waals surface area contributed by atoms with Gasteiger partial charge in [0.2, 0.25) is 0 Å². The van der Waals surface area contributed by atoms with Gasteiger partial charge in [-0.05, 0) is 25.2 Å². The summed E-state index contributed by atoms with van der Waals surface area (Å²) in [6.45, 7) is 6.29. The summed E-state index contributed by atoms with van der Waals surface area (Å²) in [6.07, 6.45) is 5.76. The third-order valence-electron chi connectivity index (χ3n) is 3.15. The van der Waals surface area contributed by atoms with Crippen LogP contribution in [0.5, 0.6) is 0 Å². The summed E-state index contributed by atoms with van der Waals surface area (Å²) in [7, 11) is 0. The van der Waals surface area contributed by atoms with Gasteiger partial charge >= 0.3 is 0 Å². The van der Waals surface area contributed by atoms with E-state index in [1.165, 1.54) is 19.3 Å². The molecule has 3 unspecified atom stereocenters. The normalized spacial score (nSPS) is 25.7. The number of unbranched alkanes of at least 4 members (excludes halogenated alkanes) is 1. The number of nitrogens with one attached hydrogen (secondary N) is 1. The zero-order valence-electron chi connectivity index (χ0n) is 10.7. The Balaban J connectivity index is 1.89. The van der Waals surface area contributed by atoms with E-state index in [9.17, 15) is 5.11 Å². The van der Waals surface area contributed by atoms with Crippen LogP contribution in [0.1, 0.15) is 46.0 Å². The molecule has 1 aliphatic rings. The minimum absolute atomic E-state index is 0.347. The summed E-state index contributed by atoms with van der Waals surface area (Å²) in [4.78, 5) is 0. The SMILES string of the molecule is CCCCOCC(O)CNC1CC1CCC. The first-order valence-corrected chi connectivity index (χ1v) is 6.77. The maximum atomic E-state index is 9.65. The minimum atomic E-state index is -0.347. The molecular weight excluding hydrogens is 202 g/mol. The first-order valence-electron chi connectivity index (χ1n) is 6.77. The molecule has 0 radical (unpaired) electrons. The van der Waals surface area contributed by atoms with Crippen molar-refractivity contribution in [2.24, 2.45) is 5.92 Å². The quantitative estimate of drug-likeness (QED) is 0.563. The van der Waals surface area contributed by atoms with Crippen LogP contribution in [0, 0.1) is 5.92 Å². The third kappa shape index (κ3) is 5.83. The highest BCUT2D eigenvalue weighted by atomic mass is 16.5. The summed E-state index contributed by atoms with van der Waals surface area (Å²) < 4.78 is 5.37. The Kier molecular flexibility index (Phi) is 7.01. The van der Waals surface area contributed by atoms with Crippen LogP contribution in [0.2, 0.25) is 0 Å². The molecule has 3 heteroatoms. The fraction of sp³-hybridized carbons (Fsp3) is 1.00. The number of rotatable bonds is 10. The van der Waals surface area contributed by atoms with Crippen LogP contribution in [0.15, 0.2) is 0 Å². The van der Waals surface area contributed by atoms with Gasteiger partial charge in [-0.15, -0.1) is 0 Å². The fourth-order valence-electron chi connectivity index (χ4n) is 2.00. The average Bonchev–Trinajstić information content (AvgIpc) is 3.01. The molecule has 0 saturated heterocycles. The number of ether oxygens (including phenoxy) is 1. The molecule has 0 aromatic rings. The fourth-order valence-corrected chi connectivity index (χ4v) is 2.00. The van der Waals surface area contributed by atoms with Gasteiger partial charge in [-0.25, -0.2) is 0 Å². The lowest BCUT2D eigenvalue weighted by molar-refractivity contribution is 0.0356. The highest BCUT2D eigenvalue weighted by Gasteiger charge is 2.35. The smallest absolute Gasteiger partial charge is 0.0897 e. The average molecular weight is 229 g/mol. The van der Waals surface area contributed by atoms with E-state index in [2.05, 4.69) is 19.2 Å². The number of hydrogen-bond donors (Lipinski definition) is 2. The van der Waals surface area contributed by atoms with Gasteiger partial charge in [-0.2, -0.15) is 0 Å². The van der Waals surface area contributed by atoms with Gasteiger partial charge in [0.15, 0.2) is 0 Å². The summed E-state index contributed by atoms with van der Waals surface area (Å²) in [6, 6.07) is 0.658. The van der Waals surface area contributed by atoms with E-state index < -0.39 is 0 Å². The Morgan fingerprint density at radius 3 is 2.88 bits per heavy atom. The van der Waals surface area contributed by atoms with Crippen LogP contribution in [-0.4, -0.2) is 37.0 Å². The number of hydrogen-bond acceptors (Lipinski definition) is 3. The minimum Gasteiger partial charge on any atom is -0.389 e. The molecule has 0 amide bonds. The van der Waals surface area contributed by atoms with E-state index >= 15 is 0 Å². The molecule has 0 spiro atoms. The molecular formula is C13H27NO2. The first kappa shape index (κ1) is 13.9. The van der Waals surface area contributed by atoms with Crippen molar-refractivity contribution >= 4 is 0 Å². The molecule has 3 nitrogen and oxygen atoms in total. The van der Waals surface area contributed by atoms with Crippen molar-refractivity contribution in [1.29, 1.82) is 0 Å². The van der Waals surface area contributed by atoms with E-state index in [0.29, 0.717) is 19.2 Å². The molecule has 0 heterocycles. The molecule has 0 aliphatic heterocycles. The van der Waals surface area contributed by atoms with Gasteiger partial charge in [0.1, 0.15) is 0 Å². The van der Waals surface area contributed by atoms with Crippen molar-refractivity contribution < 1.29 is 9.84 Å². The molecule has 3 atom stereocenters. The predicted molar refractivity (Wildman–Crippen MR) is 66.5 cm³/mol. The van der Waals surface area contributed by atoms with Crippen LogP contribution in [0.4, 0.5) is 0 Å². The highest BCUT2D eigenvalue weighted by molar-refractivity contribution is 4.92. The van der Waals surface area contributed by atoms with Crippen LogP contribution in [0.25, 0.3) is 0 Å². The summed E-state index contributed by atoms with van der Waals surface area (Å²) in [5.41, 5.74) is 0. The lowest BCUT2D eigenvalue weighted by Crippen LogP contribution is -2.32. The van der Waals surface area contributed by atoms with E-state index in [1.807, 2.05) is 0 Å². The summed E-state index contributed by atoms with van der Waals surface area (Å²) >= 11 is 0. The Hall–Kier alpha value is -0.120. The van der Waals surface area contributed by atoms with Crippen molar-refractivity contribution in [1.82, 2.24) is 5.32 Å². The molecule has 1 aliphatic carbocycles. The first-order chi connectivity index (χ1) is 7.77. The van der Waals surface area contributed by atoms with Crippen LogP contribution < -0.4 is 5.32 Å². The molecule has 1 fully saturated rings. The van der Waals surface area contributed by atoms with E-state index in [1.54, 1.807) is 0 Å². The molecule has 0 bridgehead atoms. The van der Waals surface area contributed by atoms with E-state index in [-0.39, 0.29) is 6.10 Å². The lowest BCUT2D eigenvalue weighted by Gasteiger charge is -2.12. The van der Waals surface area contributed by atoms with Gasteiger partial charge in [0.25, 0.3) is 0 Å². The van der Waals surface area contributed by atoms with Crippen molar-refractivity contribution in [3.8, 4) is 0 Å². The Morgan fingerprint density at radius 1 is 1.38 bits per heavy atom. The Morgan fingerprint density at radius 2 is 2.19 bits per heavy atom. The van der Waals surface area contributed by atoms with E-state index in [0.717, 1.165) is 25.4 Å². The van der Waals surface area contributed by atoms with Gasteiger partial charge in [0, 0.05) is 19.2 Å². The topological polar surface area (TPSA) is 41.5 Å². The zero-order chi connectivity index (χ0) is 11.8. The molecule has 1 saturated carbocycles. The standard InChI is InChI=1S/C13H27NO2/c1-3-5-7-16-10-12(15)9-14-13-8-11(13)6-4-2/h11-15H,3-10H2,1-2H3. The lowest BCUT2D eigenvalue weighted by atomic mass is 10.2. The third-order valence-corrected chi connectivity index (χ3v) is 3.15. The molecule has 1 rings (SSSR count). The predicted octanol–water partition coefficient (Wildman–Crippen LogP) is 1.94. The molecule has 16 heavy (non-hydrogen) atoms. The second-order valence-corrected chi connectivity index (χ2v) is 4.88. The van der Waals surface area contributed by atoms with Crippen LogP contribution in [0.3, 0.4) is 0 Å². The van der Waals surface area contributed by atoms with Gasteiger partial charge in [-0.3, -0.25) is 0 Å². The van der Waals surface area contributed by atoms with Gasteiger partial charge < -0.3 is 15.2 Å². The van der Waals surface area contributed by atoms with Gasteiger partial charge in [-0.1, -0.05) is 26.7 Å². The molecule has 2 N–H and O–H groups in total. The second kappa shape index (κ2) is 8.04. The Labute approximate surface area is 99.6 Å². The zero-order valence-corrected chi connectivity index (χ0v) is 10.7. The van der Waals surface area contributed by atoms with Crippen LogP contribution >= 0.6 is 0 Å². The van der Waals surface area contributed by atoms with Crippen molar-refractivity contribution in [3.63, 3.8) is 0 Å². The van der Waals surface area contributed by atoms with Crippen LogP contribution in [-0.2, 0) is 4.74 Å². The number of aliphatic hydroxyl groups excluding tert-OH is 1. The van der Waals surface area contributed by atoms with E-state index in [4.69, 9.17) is 4.74 Å². The highest BCUT2D eigenvalue weighted by Crippen LogP contribution is 2.34.